The number of ether oxygens (including phenoxy) is 7. The van der Waals surface area contributed by atoms with Crippen LogP contribution in [0, 0.1) is 11.8 Å². The van der Waals surface area contributed by atoms with Crippen LogP contribution in [0.2, 0.25) is 0 Å². The summed E-state index contributed by atoms with van der Waals surface area (Å²) < 4.78 is 36.5. The Morgan fingerprint density at radius 1 is 0.810 bits per heavy atom. The number of benzene rings is 1. The highest BCUT2D eigenvalue weighted by atomic mass is 16.8. The second-order valence-corrected chi connectivity index (χ2v) is 11.0. The van der Waals surface area contributed by atoms with Crippen LogP contribution in [0.3, 0.4) is 0 Å². The summed E-state index contributed by atoms with van der Waals surface area (Å²) in [6.07, 6.45) is -2.74. The molecule has 0 aromatic heterocycles. The van der Waals surface area contributed by atoms with Gasteiger partial charge in [0.05, 0.1) is 13.7 Å². The zero-order chi connectivity index (χ0) is 32.0. The van der Waals surface area contributed by atoms with Gasteiger partial charge in [-0.25, -0.2) is 14.4 Å². The van der Waals surface area contributed by atoms with E-state index in [1.54, 1.807) is 20.8 Å². The van der Waals surface area contributed by atoms with Crippen molar-refractivity contribution >= 4 is 24.4 Å². The van der Waals surface area contributed by atoms with Gasteiger partial charge >= 0.3 is 24.4 Å². The number of nitrogens with two attached hydrogens (primary N) is 1. The molecule has 0 spiro atoms. The van der Waals surface area contributed by atoms with Crippen LogP contribution in [-0.2, 0) is 34.9 Å². The van der Waals surface area contributed by atoms with Gasteiger partial charge in [0.1, 0.15) is 23.9 Å². The van der Waals surface area contributed by atoms with E-state index in [1.807, 2.05) is 34.6 Å². The van der Waals surface area contributed by atoms with Crippen LogP contribution < -0.4 is 15.2 Å². The minimum Gasteiger partial charge on any atom is -0.468 e. The van der Waals surface area contributed by atoms with Crippen molar-refractivity contribution in [2.45, 2.75) is 105 Å². The molecule has 0 fully saturated rings. The van der Waals surface area contributed by atoms with Gasteiger partial charge in [0.15, 0.2) is 11.5 Å². The lowest BCUT2D eigenvalue weighted by Crippen LogP contribution is -2.51. The van der Waals surface area contributed by atoms with Crippen LogP contribution in [0.25, 0.3) is 0 Å². The monoisotopic (exact) mass is 597 g/mol. The Morgan fingerprint density at radius 3 is 1.86 bits per heavy atom. The van der Waals surface area contributed by atoms with Crippen molar-refractivity contribution in [1.29, 1.82) is 0 Å². The molecule has 0 bridgehead atoms. The lowest BCUT2D eigenvalue weighted by molar-refractivity contribution is -0.147. The summed E-state index contributed by atoms with van der Waals surface area (Å²) in [5.41, 5.74) is 5.23. The summed E-state index contributed by atoms with van der Waals surface area (Å²) >= 11 is 0. The highest BCUT2D eigenvalue weighted by Gasteiger charge is 2.36. The van der Waals surface area contributed by atoms with E-state index < -0.39 is 42.2 Å². The number of esters is 1. The highest BCUT2D eigenvalue weighted by Crippen LogP contribution is 2.32. The summed E-state index contributed by atoms with van der Waals surface area (Å²) in [5, 5.41) is 0. The average Bonchev–Trinajstić information content (AvgIpc) is 2.89. The SMILES string of the molecule is CCC[C@H](C)OC(=O)OCC[C@@](N)(Cc1ccc(OC(=O)OC(C)C(C)C)c(OC(=O)OC(C)C(C)C)c1)C(=O)OC. The second kappa shape index (κ2) is 17.4. The van der Waals surface area contributed by atoms with E-state index in [4.69, 9.17) is 38.9 Å². The third kappa shape index (κ3) is 12.5. The van der Waals surface area contributed by atoms with Gasteiger partial charge in [0.25, 0.3) is 0 Å². The third-order valence-corrected chi connectivity index (χ3v) is 6.71. The molecule has 0 radical (unpaired) electrons. The van der Waals surface area contributed by atoms with Gasteiger partial charge in [0, 0.05) is 12.8 Å². The molecule has 0 aliphatic rings. The maximum absolute atomic E-state index is 12.7. The number of hydrogen-bond donors (Lipinski definition) is 1. The molecule has 238 valence electrons. The number of methoxy groups -OCH3 is 1. The Morgan fingerprint density at radius 2 is 1.36 bits per heavy atom. The van der Waals surface area contributed by atoms with Crippen molar-refractivity contribution in [2.24, 2.45) is 17.6 Å². The van der Waals surface area contributed by atoms with Crippen molar-refractivity contribution in [3.05, 3.63) is 23.8 Å². The fraction of sp³-hybridized carbons (Fsp3) is 0.667. The molecule has 0 amide bonds. The summed E-state index contributed by atoms with van der Waals surface area (Å²) in [5.74, 6) is -0.941. The van der Waals surface area contributed by atoms with Crippen molar-refractivity contribution in [3.63, 3.8) is 0 Å². The zero-order valence-electron chi connectivity index (χ0n) is 26.2. The molecule has 1 aromatic rings. The third-order valence-electron chi connectivity index (χ3n) is 6.71. The minimum atomic E-state index is -1.62. The summed E-state index contributed by atoms with van der Waals surface area (Å²) in [4.78, 5) is 49.6. The van der Waals surface area contributed by atoms with Crippen LogP contribution in [-0.4, -0.2) is 62.0 Å². The van der Waals surface area contributed by atoms with Crippen LogP contribution in [0.1, 0.15) is 80.2 Å². The normalized spacial score (nSPS) is 14.7. The van der Waals surface area contributed by atoms with Gasteiger partial charge < -0.3 is 38.9 Å². The van der Waals surface area contributed by atoms with Crippen LogP contribution >= 0.6 is 0 Å². The van der Waals surface area contributed by atoms with E-state index >= 15 is 0 Å². The molecule has 12 heteroatoms. The lowest BCUT2D eigenvalue weighted by Gasteiger charge is -2.27. The van der Waals surface area contributed by atoms with E-state index in [2.05, 4.69) is 0 Å². The van der Waals surface area contributed by atoms with Gasteiger partial charge in [0.2, 0.25) is 0 Å². The topological polar surface area (TPSA) is 159 Å². The van der Waals surface area contributed by atoms with Crippen LogP contribution in [0.5, 0.6) is 11.5 Å². The van der Waals surface area contributed by atoms with Gasteiger partial charge in [-0.3, -0.25) is 4.79 Å². The second-order valence-electron chi connectivity index (χ2n) is 11.0. The molecule has 12 nitrogen and oxygen atoms in total. The Labute approximate surface area is 248 Å². The maximum Gasteiger partial charge on any atom is 0.514 e. The molecule has 4 atom stereocenters. The van der Waals surface area contributed by atoms with Crippen molar-refractivity contribution < 1.29 is 52.3 Å². The van der Waals surface area contributed by atoms with Crippen molar-refractivity contribution in [1.82, 2.24) is 0 Å². The minimum absolute atomic E-state index is 0.0272. The first-order valence-corrected chi connectivity index (χ1v) is 14.2. The standard InChI is InChI=1S/C30H47NO11/c1-10-11-20(6)38-27(33)37-15-14-30(31,26(32)36-9)17-23-12-13-24(41-28(34)39-21(7)18(2)3)25(16-23)42-29(35)40-22(8)19(4)5/h12-13,16,18-22H,10-11,14-15,17,31H2,1-9H3/t20-,21?,22?,30+/m0/s1. The Kier molecular flexibility index (Phi) is 15.1. The smallest absolute Gasteiger partial charge is 0.468 e. The predicted molar refractivity (Wildman–Crippen MR) is 153 cm³/mol. The molecule has 0 aliphatic heterocycles. The fourth-order valence-electron chi connectivity index (χ4n) is 3.44. The lowest BCUT2D eigenvalue weighted by atomic mass is 9.88. The van der Waals surface area contributed by atoms with E-state index in [1.165, 1.54) is 25.3 Å². The Bertz CT molecular complexity index is 1040. The fourth-order valence-corrected chi connectivity index (χ4v) is 3.44. The summed E-state index contributed by atoms with van der Waals surface area (Å²) in [7, 11) is 1.19. The van der Waals surface area contributed by atoms with E-state index in [-0.39, 0.29) is 48.9 Å². The first-order valence-electron chi connectivity index (χ1n) is 14.2. The molecule has 0 saturated heterocycles. The van der Waals surface area contributed by atoms with E-state index in [0.29, 0.717) is 12.0 Å². The van der Waals surface area contributed by atoms with Crippen LogP contribution in [0.4, 0.5) is 14.4 Å². The van der Waals surface area contributed by atoms with E-state index in [9.17, 15) is 19.2 Å². The number of carbonyl (C=O) groups excluding carboxylic acids is 4. The zero-order valence-corrected chi connectivity index (χ0v) is 26.2. The van der Waals surface area contributed by atoms with Gasteiger partial charge in [-0.05, 0) is 56.7 Å². The number of carbonyl (C=O) groups is 4. The maximum atomic E-state index is 12.7. The molecule has 0 heterocycles. The number of rotatable bonds is 15. The van der Waals surface area contributed by atoms with E-state index in [0.717, 1.165) is 6.42 Å². The molecule has 1 aromatic carbocycles. The number of hydrogen-bond acceptors (Lipinski definition) is 12. The summed E-state index contributed by atoms with van der Waals surface area (Å²) in [6.45, 7) is 14.5. The predicted octanol–water partition coefficient (Wildman–Crippen LogP) is 5.95. The van der Waals surface area contributed by atoms with Gasteiger partial charge in [-0.1, -0.05) is 47.1 Å². The average molecular weight is 598 g/mol. The molecule has 1 rings (SSSR count). The van der Waals surface area contributed by atoms with Crippen molar-refractivity contribution in [2.75, 3.05) is 13.7 Å². The van der Waals surface area contributed by atoms with Gasteiger partial charge in [-0.15, -0.1) is 0 Å². The Balaban J connectivity index is 3.18. The van der Waals surface area contributed by atoms with Crippen LogP contribution in [0.15, 0.2) is 18.2 Å². The first kappa shape index (κ1) is 36.5. The highest BCUT2D eigenvalue weighted by molar-refractivity contribution is 5.81. The molecule has 2 N–H and O–H groups in total. The molecule has 2 unspecified atom stereocenters. The molecular formula is C30H47NO11. The molecular weight excluding hydrogens is 550 g/mol. The largest absolute Gasteiger partial charge is 0.514 e. The molecule has 0 saturated carbocycles. The molecule has 42 heavy (non-hydrogen) atoms. The Hall–Kier alpha value is -3.54. The quantitative estimate of drug-likeness (QED) is 0.144. The summed E-state index contributed by atoms with van der Waals surface area (Å²) in [6, 6.07) is 4.31. The van der Waals surface area contributed by atoms with Gasteiger partial charge in [-0.2, -0.15) is 0 Å². The molecule has 0 aliphatic carbocycles. The first-order chi connectivity index (χ1) is 19.6. The van der Waals surface area contributed by atoms with Crippen molar-refractivity contribution in [3.8, 4) is 11.5 Å².